The molecule has 0 aliphatic heterocycles. The topological polar surface area (TPSA) is 108 Å². The number of benzene rings is 2. The van der Waals surface area contributed by atoms with E-state index in [0.717, 1.165) is 22.7 Å². The number of azo groups is 1. The van der Waals surface area contributed by atoms with Crippen LogP contribution in [0.4, 0.5) is 35.4 Å². The zero-order valence-electron chi connectivity index (χ0n) is 17.0. The number of alkyl halides is 3. The standard InChI is InChI=1S/C18H18F3N5O4S2/c1-22-10-7-15-11(5-9(10)18(19,20)21)23-17(31-15)25-24-12-6-14(28-4)13(26(2)3)8-16(12)32-30-29-27/h5-8,27H,1,22H2,2-4H3/p-1. The molecule has 14 heteroatoms. The number of rotatable bonds is 8. The van der Waals surface area contributed by atoms with Crippen molar-refractivity contribution in [1.82, 2.24) is 4.98 Å². The van der Waals surface area contributed by atoms with Crippen molar-refractivity contribution in [3.05, 3.63) is 36.9 Å². The molecule has 0 bridgehead atoms. The summed E-state index contributed by atoms with van der Waals surface area (Å²) in [5.74, 6) is 0.478. The Bertz CT molecular complexity index is 1140. The molecule has 9 nitrogen and oxygen atoms in total. The van der Waals surface area contributed by atoms with Crippen LogP contribution in [-0.2, 0) is 15.5 Å². The fourth-order valence-electron chi connectivity index (χ4n) is 2.78. The van der Waals surface area contributed by atoms with E-state index < -0.39 is 11.7 Å². The quantitative estimate of drug-likeness (QED) is 0.127. The highest BCUT2D eigenvalue weighted by Crippen LogP contribution is 2.42. The maximum atomic E-state index is 13.3. The Morgan fingerprint density at radius 2 is 1.97 bits per heavy atom. The lowest BCUT2D eigenvalue weighted by atomic mass is 10.1. The molecule has 1 aromatic heterocycles. The van der Waals surface area contributed by atoms with Gasteiger partial charge in [-0.05, 0) is 12.1 Å². The number of anilines is 1. The summed E-state index contributed by atoms with van der Waals surface area (Å²) in [5.41, 5.74) is 0.220. The molecule has 0 unspecified atom stereocenters. The molecule has 172 valence electrons. The summed E-state index contributed by atoms with van der Waals surface area (Å²) in [5, 5.41) is 23.1. The minimum Gasteiger partial charge on any atom is -0.691 e. The van der Waals surface area contributed by atoms with Gasteiger partial charge in [0.1, 0.15) is 22.7 Å². The predicted molar refractivity (Wildman–Crippen MR) is 111 cm³/mol. The number of thiazole rings is 1. The summed E-state index contributed by atoms with van der Waals surface area (Å²) in [6.45, 7) is 0. The van der Waals surface area contributed by atoms with E-state index >= 15 is 0 Å². The van der Waals surface area contributed by atoms with Crippen LogP contribution < -0.4 is 20.2 Å². The second-order valence-electron chi connectivity index (χ2n) is 6.41. The molecular formula is C18H17F3N5O4S2-. The van der Waals surface area contributed by atoms with Crippen LogP contribution in [0.5, 0.6) is 5.75 Å². The highest BCUT2D eigenvalue weighted by Gasteiger charge is 2.35. The third kappa shape index (κ3) is 5.28. The number of methoxy groups -OCH3 is 1. The minimum atomic E-state index is -4.54. The highest BCUT2D eigenvalue weighted by molar-refractivity contribution is 7.94. The number of hydrogen-bond acceptors (Lipinski definition) is 10. The largest absolute Gasteiger partial charge is 0.691 e. The normalized spacial score (nSPS) is 12.1. The van der Waals surface area contributed by atoms with Crippen LogP contribution in [-0.4, -0.2) is 26.2 Å². The number of nitrogens with zero attached hydrogens (tertiary/aromatic N) is 4. The van der Waals surface area contributed by atoms with Crippen molar-refractivity contribution in [2.24, 2.45) is 10.2 Å². The molecule has 3 aromatic rings. The Kier molecular flexibility index (Phi) is 7.53. The van der Waals surface area contributed by atoms with Gasteiger partial charge in [-0.25, -0.2) is 4.98 Å². The Morgan fingerprint density at radius 3 is 2.56 bits per heavy atom. The highest BCUT2D eigenvalue weighted by atomic mass is 32.2. The summed E-state index contributed by atoms with van der Waals surface area (Å²) in [6.07, 6.45) is -4.54. The van der Waals surface area contributed by atoms with Crippen LogP contribution in [0.3, 0.4) is 0 Å². The zero-order chi connectivity index (χ0) is 23.5. The van der Waals surface area contributed by atoms with Crippen LogP contribution in [0, 0.1) is 7.05 Å². The number of aromatic nitrogens is 1. The summed E-state index contributed by atoms with van der Waals surface area (Å²) < 4.78 is 50.1. The molecule has 0 amide bonds. The number of hydrogen-bond donors (Lipinski definition) is 1. The van der Waals surface area contributed by atoms with E-state index in [2.05, 4.69) is 31.6 Å². The minimum absolute atomic E-state index is 0.0467. The van der Waals surface area contributed by atoms with Gasteiger partial charge < -0.3 is 20.2 Å². The average molecular weight is 488 g/mol. The lowest BCUT2D eigenvalue weighted by Gasteiger charge is -2.18. The average Bonchev–Trinajstić information content (AvgIpc) is 3.16. The number of ether oxygens (including phenoxy) is 1. The second kappa shape index (κ2) is 9.97. The molecule has 0 saturated carbocycles. The maximum Gasteiger partial charge on any atom is 0.422 e. The van der Waals surface area contributed by atoms with Gasteiger partial charge in [0, 0.05) is 26.2 Å². The van der Waals surface area contributed by atoms with Gasteiger partial charge in [-0.1, -0.05) is 11.3 Å². The number of fused-ring (bicyclic) bond motifs is 1. The molecule has 0 aliphatic rings. The monoisotopic (exact) mass is 488 g/mol. The first-order chi connectivity index (χ1) is 15.2. The summed E-state index contributed by atoms with van der Waals surface area (Å²) in [7, 11) is 8.52. The van der Waals surface area contributed by atoms with Crippen molar-refractivity contribution in [3.8, 4) is 5.75 Å². The van der Waals surface area contributed by atoms with Crippen LogP contribution in [0.25, 0.3) is 10.2 Å². The molecule has 0 atom stereocenters. The Labute approximate surface area is 188 Å². The SMILES string of the molecule is [CH2-][NH2+]c1cc2sc(N=Nc3cc(OC)c(N(C)C)cc3SOO[O-])nc2cc1C(F)(F)F. The summed E-state index contributed by atoms with van der Waals surface area (Å²) in [4.78, 5) is 6.30. The number of quaternary nitrogens is 1. The lowest BCUT2D eigenvalue weighted by Crippen LogP contribution is -2.70. The van der Waals surface area contributed by atoms with Crippen LogP contribution in [0.1, 0.15) is 5.56 Å². The van der Waals surface area contributed by atoms with Gasteiger partial charge >= 0.3 is 6.18 Å². The van der Waals surface area contributed by atoms with Crippen molar-refractivity contribution in [2.75, 3.05) is 26.1 Å². The maximum absolute atomic E-state index is 13.3. The molecule has 3 rings (SSSR count). The van der Waals surface area contributed by atoms with E-state index in [0.29, 0.717) is 33.1 Å². The molecule has 32 heavy (non-hydrogen) atoms. The first-order valence-electron chi connectivity index (χ1n) is 8.76. The number of nitrogens with two attached hydrogens (primary N) is 1. The lowest BCUT2D eigenvalue weighted by molar-refractivity contribution is -0.777. The van der Waals surface area contributed by atoms with E-state index in [1.54, 1.807) is 31.1 Å². The van der Waals surface area contributed by atoms with Crippen molar-refractivity contribution in [3.63, 3.8) is 0 Å². The van der Waals surface area contributed by atoms with E-state index in [4.69, 9.17) is 4.74 Å². The van der Waals surface area contributed by atoms with E-state index in [1.165, 1.54) is 13.2 Å². The fraction of sp³-hybridized carbons (Fsp3) is 0.222. The fourth-order valence-corrected chi connectivity index (χ4v) is 4.04. The Morgan fingerprint density at radius 1 is 1.22 bits per heavy atom. The Balaban J connectivity index is 2.02. The van der Waals surface area contributed by atoms with Gasteiger partial charge in [-0.3, -0.25) is 5.04 Å². The summed E-state index contributed by atoms with van der Waals surface area (Å²) in [6, 6.07) is 5.54. The van der Waals surface area contributed by atoms with E-state index in [9.17, 15) is 18.4 Å². The summed E-state index contributed by atoms with van der Waals surface area (Å²) >= 11 is 1.69. The predicted octanol–water partition coefficient (Wildman–Crippen LogP) is 4.02. The van der Waals surface area contributed by atoms with Gasteiger partial charge in [0.05, 0.1) is 40.0 Å². The molecule has 0 aliphatic carbocycles. The van der Waals surface area contributed by atoms with Gasteiger partial charge in [0.25, 0.3) is 0 Å². The molecular weight excluding hydrogens is 471 g/mol. The third-order valence-corrected chi connectivity index (χ3v) is 5.74. The van der Waals surface area contributed by atoms with Crippen molar-refractivity contribution in [2.45, 2.75) is 11.1 Å². The van der Waals surface area contributed by atoms with E-state index in [1.807, 2.05) is 0 Å². The van der Waals surface area contributed by atoms with Crippen molar-refractivity contribution < 1.29 is 37.9 Å². The van der Waals surface area contributed by atoms with Gasteiger partial charge in [0.2, 0.25) is 5.13 Å². The number of halogens is 3. The second-order valence-corrected chi connectivity index (χ2v) is 8.16. The first kappa shape index (κ1) is 24.2. The Hall–Kier alpha value is -2.49. The van der Waals surface area contributed by atoms with Crippen LogP contribution in [0.2, 0.25) is 0 Å². The van der Waals surface area contributed by atoms with Crippen LogP contribution >= 0.6 is 23.4 Å². The molecule has 0 fully saturated rings. The van der Waals surface area contributed by atoms with E-state index in [-0.39, 0.29) is 22.0 Å². The van der Waals surface area contributed by atoms with Crippen molar-refractivity contribution in [1.29, 1.82) is 0 Å². The van der Waals surface area contributed by atoms with Gasteiger partial charge in [-0.15, -0.1) is 17.3 Å². The third-order valence-electron chi connectivity index (χ3n) is 4.21. The molecule has 1 heterocycles. The van der Waals surface area contributed by atoms with Crippen LogP contribution in [0.15, 0.2) is 39.4 Å². The molecule has 2 N–H and O–H groups in total. The van der Waals surface area contributed by atoms with Gasteiger partial charge in [-0.2, -0.15) is 17.5 Å². The molecule has 0 spiro atoms. The smallest absolute Gasteiger partial charge is 0.422 e. The zero-order valence-corrected chi connectivity index (χ0v) is 18.6. The molecule has 0 saturated heterocycles. The molecule has 0 radical (unpaired) electrons. The first-order valence-corrected chi connectivity index (χ1v) is 10.3. The van der Waals surface area contributed by atoms with Crippen molar-refractivity contribution >= 4 is 55.8 Å². The van der Waals surface area contributed by atoms with Gasteiger partial charge in [0.15, 0.2) is 0 Å². The molecule has 2 aromatic carbocycles.